The minimum absolute atomic E-state index is 0.0193. The molecule has 1 aromatic carbocycles. The Bertz CT molecular complexity index is 1570. The van der Waals surface area contributed by atoms with Crippen LogP contribution in [0.2, 0.25) is 5.02 Å². The van der Waals surface area contributed by atoms with E-state index in [0.29, 0.717) is 17.3 Å². The molecule has 2 saturated heterocycles. The SMILES string of the molecule is CN(C(=O)OC(C)(C)C)[C@H]1CCCN(c2ccc(Cl)cc2-c2ncnn3cc(CN4C(=O)C5C(C4=O)C5(C)C)cc23)C1. The average Bonchev–Trinajstić information content (AvgIpc) is 3.16. The summed E-state index contributed by atoms with van der Waals surface area (Å²) in [4.78, 5) is 48.7. The Morgan fingerprint density at radius 2 is 1.88 bits per heavy atom. The third-order valence-corrected chi connectivity index (χ3v) is 9.11. The second kappa shape index (κ2) is 9.97. The van der Waals surface area contributed by atoms with E-state index in [0.717, 1.165) is 41.7 Å². The molecule has 10 nitrogen and oxygen atoms in total. The van der Waals surface area contributed by atoms with Gasteiger partial charge in [-0.1, -0.05) is 25.4 Å². The van der Waals surface area contributed by atoms with Gasteiger partial charge in [0.05, 0.1) is 35.6 Å². The van der Waals surface area contributed by atoms with Crippen molar-refractivity contribution in [1.82, 2.24) is 24.4 Å². The standard InChI is InChI=1S/C31H37ClN6O4/c1-30(2,3)42-29(41)35(6)20-8-7-11-36(16-20)22-10-9-19(32)13-21(22)26-23-12-18(15-38(23)34-17-33-26)14-37-27(39)24-25(28(37)40)31(24,4)5/h9-10,12-13,15,17,20,24-25H,7-8,11,14,16H2,1-6H3/t20-,24?,25?/m0/s1. The normalized spacial score (nSPS) is 23.4. The van der Waals surface area contributed by atoms with Crippen molar-refractivity contribution in [1.29, 1.82) is 0 Å². The minimum Gasteiger partial charge on any atom is -0.444 e. The number of likely N-dealkylation sites (N-methyl/N-ethyl adjacent to an activating group) is 1. The lowest BCUT2D eigenvalue weighted by Gasteiger charge is -2.39. The Kier molecular flexibility index (Phi) is 6.75. The topological polar surface area (TPSA) is 100 Å². The molecule has 3 fully saturated rings. The number of carbonyl (C=O) groups is 3. The number of ether oxygens (including phenoxy) is 1. The fraction of sp³-hybridized carbons (Fsp3) is 0.516. The van der Waals surface area contributed by atoms with Crippen LogP contribution >= 0.6 is 11.6 Å². The molecule has 222 valence electrons. The fourth-order valence-electron chi connectivity index (χ4n) is 6.57. The first-order valence-electron chi connectivity index (χ1n) is 14.4. The Labute approximate surface area is 250 Å². The zero-order chi connectivity index (χ0) is 30.1. The van der Waals surface area contributed by atoms with Crippen LogP contribution in [-0.4, -0.2) is 74.1 Å². The molecule has 42 heavy (non-hydrogen) atoms. The van der Waals surface area contributed by atoms with Crippen molar-refractivity contribution in [3.8, 4) is 11.3 Å². The molecule has 1 saturated carbocycles. The first-order valence-corrected chi connectivity index (χ1v) is 14.8. The fourth-order valence-corrected chi connectivity index (χ4v) is 6.74. The number of carbonyl (C=O) groups excluding carboxylic acids is 3. The van der Waals surface area contributed by atoms with E-state index in [1.807, 2.05) is 65.1 Å². The zero-order valence-electron chi connectivity index (χ0n) is 24.9. The number of anilines is 1. The summed E-state index contributed by atoms with van der Waals surface area (Å²) < 4.78 is 7.35. The van der Waals surface area contributed by atoms with Crippen LogP contribution in [0.4, 0.5) is 10.5 Å². The molecular formula is C31H37ClN6O4. The van der Waals surface area contributed by atoms with E-state index in [1.165, 1.54) is 11.2 Å². The molecule has 0 spiro atoms. The third-order valence-electron chi connectivity index (χ3n) is 8.87. The molecule has 0 bridgehead atoms. The monoisotopic (exact) mass is 592 g/mol. The molecule has 2 unspecified atom stereocenters. The Morgan fingerprint density at radius 3 is 2.57 bits per heavy atom. The number of aromatic nitrogens is 3. The Hall–Kier alpha value is -3.66. The van der Waals surface area contributed by atoms with Gasteiger partial charge in [-0.15, -0.1) is 0 Å². The maximum Gasteiger partial charge on any atom is 0.410 e. The third kappa shape index (κ3) is 4.89. The summed E-state index contributed by atoms with van der Waals surface area (Å²) in [5.41, 5.74) is 3.24. The molecule has 3 amide bonds. The van der Waals surface area contributed by atoms with Gasteiger partial charge >= 0.3 is 6.09 Å². The van der Waals surface area contributed by atoms with Crippen molar-refractivity contribution in [2.45, 2.75) is 65.6 Å². The molecule has 3 aromatic rings. The Balaban J connectivity index is 1.28. The predicted molar refractivity (Wildman–Crippen MR) is 159 cm³/mol. The van der Waals surface area contributed by atoms with Crippen molar-refractivity contribution in [3.63, 3.8) is 0 Å². The number of nitrogens with zero attached hydrogens (tertiary/aromatic N) is 6. The lowest BCUT2D eigenvalue weighted by molar-refractivity contribution is -0.143. The van der Waals surface area contributed by atoms with E-state index < -0.39 is 5.60 Å². The first-order chi connectivity index (χ1) is 19.8. The van der Waals surface area contributed by atoms with Crippen LogP contribution in [0, 0.1) is 17.3 Å². The molecule has 0 N–H and O–H groups in total. The van der Waals surface area contributed by atoms with E-state index >= 15 is 0 Å². The van der Waals surface area contributed by atoms with Crippen molar-refractivity contribution in [2.75, 3.05) is 25.0 Å². The van der Waals surface area contributed by atoms with E-state index in [1.54, 1.807) is 16.5 Å². The lowest BCUT2D eigenvalue weighted by Crippen LogP contribution is -2.50. The number of imide groups is 1. The largest absolute Gasteiger partial charge is 0.444 e. The molecule has 1 aliphatic carbocycles. The number of rotatable bonds is 5. The second-order valence-corrected chi connectivity index (χ2v) is 13.8. The highest BCUT2D eigenvalue weighted by molar-refractivity contribution is 6.31. The smallest absolute Gasteiger partial charge is 0.410 e. The van der Waals surface area contributed by atoms with Crippen molar-refractivity contribution >= 4 is 40.7 Å². The van der Waals surface area contributed by atoms with Gasteiger partial charge in [0.1, 0.15) is 11.9 Å². The number of piperidine rings is 2. The van der Waals surface area contributed by atoms with Crippen LogP contribution in [0.1, 0.15) is 53.0 Å². The van der Waals surface area contributed by atoms with Crippen LogP contribution in [0.15, 0.2) is 36.8 Å². The van der Waals surface area contributed by atoms with Gasteiger partial charge in [-0.25, -0.2) is 14.3 Å². The molecule has 3 aliphatic rings. The van der Waals surface area contributed by atoms with E-state index in [4.69, 9.17) is 16.3 Å². The number of benzene rings is 1. The lowest BCUT2D eigenvalue weighted by atomic mass is 10.0. The van der Waals surface area contributed by atoms with E-state index in [-0.39, 0.29) is 47.7 Å². The summed E-state index contributed by atoms with van der Waals surface area (Å²) in [6, 6.07) is 7.67. The molecule has 2 aromatic heterocycles. The number of hydrogen-bond acceptors (Lipinski definition) is 7. The number of fused-ring (bicyclic) bond motifs is 2. The molecule has 11 heteroatoms. The summed E-state index contributed by atoms with van der Waals surface area (Å²) in [7, 11) is 1.79. The summed E-state index contributed by atoms with van der Waals surface area (Å²) >= 11 is 6.51. The van der Waals surface area contributed by atoms with Gasteiger partial charge in [0, 0.05) is 42.6 Å². The molecule has 0 radical (unpaired) electrons. The number of halogens is 1. The Morgan fingerprint density at radius 1 is 1.17 bits per heavy atom. The maximum atomic E-state index is 12.9. The summed E-state index contributed by atoms with van der Waals surface area (Å²) in [5.74, 6) is -0.613. The maximum absolute atomic E-state index is 12.9. The van der Waals surface area contributed by atoms with Crippen LogP contribution in [0.25, 0.3) is 16.8 Å². The van der Waals surface area contributed by atoms with E-state index in [2.05, 4.69) is 15.0 Å². The molecule has 2 aliphatic heterocycles. The molecule has 3 atom stereocenters. The van der Waals surface area contributed by atoms with Crippen LogP contribution in [0.5, 0.6) is 0 Å². The highest BCUT2D eigenvalue weighted by Crippen LogP contribution is 2.63. The first kappa shape index (κ1) is 28.5. The summed E-state index contributed by atoms with van der Waals surface area (Å²) in [5, 5.41) is 4.98. The highest BCUT2D eigenvalue weighted by atomic mass is 35.5. The van der Waals surface area contributed by atoms with Crippen molar-refractivity contribution in [3.05, 3.63) is 47.4 Å². The molecule has 4 heterocycles. The number of hydrogen-bond donors (Lipinski definition) is 0. The minimum atomic E-state index is -0.566. The van der Waals surface area contributed by atoms with Crippen LogP contribution < -0.4 is 4.90 Å². The van der Waals surface area contributed by atoms with Gasteiger partial charge in [0.25, 0.3) is 0 Å². The van der Waals surface area contributed by atoms with Crippen molar-refractivity contribution < 1.29 is 19.1 Å². The van der Waals surface area contributed by atoms with Gasteiger partial charge in [-0.05, 0) is 68.9 Å². The second-order valence-electron chi connectivity index (χ2n) is 13.3. The van der Waals surface area contributed by atoms with Gasteiger partial charge in [0.2, 0.25) is 11.8 Å². The number of likely N-dealkylation sites (tertiary alicyclic amines) is 1. The summed E-state index contributed by atoms with van der Waals surface area (Å²) in [6.07, 6.45) is 4.79. The number of amides is 3. The summed E-state index contributed by atoms with van der Waals surface area (Å²) in [6.45, 7) is 11.2. The average molecular weight is 593 g/mol. The van der Waals surface area contributed by atoms with Gasteiger partial charge in [-0.2, -0.15) is 5.10 Å². The zero-order valence-corrected chi connectivity index (χ0v) is 25.7. The van der Waals surface area contributed by atoms with Crippen LogP contribution in [0.3, 0.4) is 0 Å². The molecule has 6 rings (SSSR count). The van der Waals surface area contributed by atoms with Crippen LogP contribution in [-0.2, 0) is 20.9 Å². The van der Waals surface area contributed by atoms with Crippen molar-refractivity contribution in [2.24, 2.45) is 17.3 Å². The van der Waals surface area contributed by atoms with Gasteiger partial charge in [0.15, 0.2) is 0 Å². The quantitative estimate of drug-likeness (QED) is 0.383. The van der Waals surface area contributed by atoms with Gasteiger partial charge in [-0.3, -0.25) is 14.5 Å². The van der Waals surface area contributed by atoms with E-state index in [9.17, 15) is 14.4 Å². The highest BCUT2D eigenvalue weighted by Gasteiger charge is 2.72. The predicted octanol–water partition coefficient (Wildman–Crippen LogP) is 5.03. The molecular weight excluding hydrogens is 556 g/mol. The van der Waals surface area contributed by atoms with Gasteiger partial charge < -0.3 is 14.5 Å².